The second kappa shape index (κ2) is 5.59. The van der Waals surface area contributed by atoms with E-state index in [4.69, 9.17) is 17.2 Å². The lowest BCUT2D eigenvalue weighted by Crippen LogP contribution is -2.19. The summed E-state index contributed by atoms with van der Waals surface area (Å²) in [7, 11) is 0. The fourth-order valence-electron chi connectivity index (χ4n) is 1.16. The third kappa shape index (κ3) is 3.33. The van der Waals surface area contributed by atoms with E-state index in [-0.39, 0.29) is 0 Å². The Morgan fingerprint density at radius 1 is 1.14 bits per heavy atom. The molecule has 0 amide bonds. The van der Waals surface area contributed by atoms with E-state index < -0.39 is 6.17 Å². The predicted octanol–water partition coefficient (Wildman–Crippen LogP) is 0.363. The Kier molecular flexibility index (Phi) is 4.39. The standard InChI is InChI=1S/C10H18N4/c11-6-1-7-14-9-4-2-8(3-5-9)10(12)13/h2-5,10,14H,1,6-7,11-13H2. The molecule has 0 aliphatic rings. The van der Waals surface area contributed by atoms with Crippen LogP contribution in [0.1, 0.15) is 18.2 Å². The Labute approximate surface area is 84.5 Å². The second-order valence-electron chi connectivity index (χ2n) is 3.22. The van der Waals surface area contributed by atoms with Crippen molar-refractivity contribution in [1.82, 2.24) is 0 Å². The summed E-state index contributed by atoms with van der Waals surface area (Å²) in [6.07, 6.45) is 0.575. The van der Waals surface area contributed by atoms with Gasteiger partial charge in [-0.05, 0) is 30.7 Å². The van der Waals surface area contributed by atoms with Gasteiger partial charge >= 0.3 is 0 Å². The van der Waals surface area contributed by atoms with Gasteiger partial charge in [-0.3, -0.25) is 0 Å². The first kappa shape index (κ1) is 11.0. The van der Waals surface area contributed by atoms with Gasteiger partial charge in [0.25, 0.3) is 0 Å². The number of benzene rings is 1. The Balaban J connectivity index is 2.47. The number of nitrogens with two attached hydrogens (primary N) is 3. The van der Waals surface area contributed by atoms with Crippen molar-refractivity contribution in [2.75, 3.05) is 18.4 Å². The predicted molar refractivity (Wildman–Crippen MR) is 59.7 cm³/mol. The van der Waals surface area contributed by atoms with Crippen LogP contribution in [-0.2, 0) is 0 Å². The number of nitrogens with one attached hydrogen (secondary N) is 1. The molecule has 0 aliphatic carbocycles. The zero-order valence-corrected chi connectivity index (χ0v) is 8.24. The van der Waals surface area contributed by atoms with Crippen molar-refractivity contribution in [3.05, 3.63) is 29.8 Å². The fourth-order valence-corrected chi connectivity index (χ4v) is 1.16. The van der Waals surface area contributed by atoms with Crippen LogP contribution < -0.4 is 22.5 Å². The summed E-state index contributed by atoms with van der Waals surface area (Å²) in [5.41, 5.74) is 18.4. The molecule has 78 valence electrons. The van der Waals surface area contributed by atoms with E-state index in [0.717, 1.165) is 24.2 Å². The van der Waals surface area contributed by atoms with E-state index >= 15 is 0 Å². The number of anilines is 1. The monoisotopic (exact) mass is 194 g/mol. The molecule has 4 nitrogen and oxygen atoms in total. The lowest BCUT2D eigenvalue weighted by molar-refractivity contribution is 0.774. The molecule has 1 rings (SSSR count). The molecule has 1 aromatic rings. The van der Waals surface area contributed by atoms with Crippen molar-refractivity contribution in [3.8, 4) is 0 Å². The van der Waals surface area contributed by atoms with Crippen LogP contribution in [0, 0.1) is 0 Å². The Morgan fingerprint density at radius 3 is 2.29 bits per heavy atom. The summed E-state index contributed by atoms with van der Waals surface area (Å²) in [4.78, 5) is 0. The van der Waals surface area contributed by atoms with Crippen LogP contribution in [-0.4, -0.2) is 13.1 Å². The van der Waals surface area contributed by atoms with Gasteiger partial charge < -0.3 is 22.5 Å². The molecule has 4 heteroatoms. The van der Waals surface area contributed by atoms with Crippen molar-refractivity contribution < 1.29 is 0 Å². The molecule has 0 heterocycles. The van der Waals surface area contributed by atoms with Crippen LogP contribution in [0.2, 0.25) is 0 Å². The molecule has 0 atom stereocenters. The number of hydrogen-bond acceptors (Lipinski definition) is 4. The largest absolute Gasteiger partial charge is 0.385 e. The van der Waals surface area contributed by atoms with E-state index in [2.05, 4.69) is 5.32 Å². The zero-order chi connectivity index (χ0) is 10.4. The van der Waals surface area contributed by atoms with Crippen LogP contribution in [0.25, 0.3) is 0 Å². The van der Waals surface area contributed by atoms with Gasteiger partial charge in [0.15, 0.2) is 0 Å². The average molecular weight is 194 g/mol. The van der Waals surface area contributed by atoms with Crippen molar-refractivity contribution in [2.45, 2.75) is 12.6 Å². The first-order valence-electron chi connectivity index (χ1n) is 4.79. The van der Waals surface area contributed by atoms with E-state index in [9.17, 15) is 0 Å². The van der Waals surface area contributed by atoms with Gasteiger partial charge in [-0.15, -0.1) is 0 Å². The number of rotatable bonds is 5. The molecule has 0 aliphatic heterocycles. The maximum Gasteiger partial charge on any atom is 0.0784 e. The Bertz CT molecular complexity index is 255. The van der Waals surface area contributed by atoms with Gasteiger partial charge in [-0.1, -0.05) is 12.1 Å². The smallest absolute Gasteiger partial charge is 0.0784 e. The normalized spacial score (nSPS) is 10.6. The highest BCUT2D eigenvalue weighted by molar-refractivity contribution is 5.44. The topological polar surface area (TPSA) is 90.1 Å². The van der Waals surface area contributed by atoms with E-state index in [0.29, 0.717) is 6.54 Å². The molecular weight excluding hydrogens is 176 g/mol. The lowest BCUT2D eigenvalue weighted by atomic mass is 10.1. The first-order chi connectivity index (χ1) is 6.74. The summed E-state index contributed by atoms with van der Waals surface area (Å²) in [5, 5.41) is 3.25. The van der Waals surface area contributed by atoms with Crippen LogP contribution >= 0.6 is 0 Å². The van der Waals surface area contributed by atoms with Gasteiger partial charge in [0.2, 0.25) is 0 Å². The molecule has 0 bridgehead atoms. The van der Waals surface area contributed by atoms with E-state index in [1.165, 1.54) is 0 Å². The van der Waals surface area contributed by atoms with E-state index in [1.807, 2.05) is 24.3 Å². The SMILES string of the molecule is NCCCNc1ccc(C(N)N)cc1. The van der Waals surface area contributed by atoms with Crippen molar-refractivity contribution >= 4 is 5.69 Å². The zero-order valence-electron chi connectivity index (χ0n) is 8.24. The fraction of sp³-hybridized carbons (Fsp3) is 0.400. The number of hydrogen-bond donors (Lipinski definition) is 4. The van der Waals surface area contributed by atoms with Crippen LogP contribution in [0.5, 0.6) is 0 Å². The van der Waals surface area contributed by atoms with Crippen molar-refractivity contribution in [1.29, 1.82) is 0 Å². The quantitative estimate of drug-likeness (QED) is 0.402. The van der Waals surface area contributed by atoms with Crippen LogP contribution in [0.15, 0.2) is 24.3 Å². The molecule has 14 heavy (non-hydrogen) atoms. The van der Waals surface area contributed by atoms with Gasteiger partial charge in [0, 0.05) is 12.2 Å². The average Bonchev–Trinajstić information content (AvgIpc) is 2.19. The first-order valence-corrected chi connectivity index (χ1v) is 4.79. The van der Waals surface area contributed by atoms with Crippen molar-refractivity contribution in [3.63, 3.8) is 0 Å². The minimum absolute atomic E-state index is 0.395. The highest BCUT2D eigenvalue weighted by atomic mass is 14.9. The summed E-state index contributed by atoms with van der Waals surface area (Å²) >= 11 is 0. The molecule has 1 aromatic carbocycles. The minimum Gasteiger partial charge on any atom is -0.385 e. The maximum absolute atomic E-state index is 5.53. The summed E-state index contributed by atoms with van der Waals surface area (Å²) in [6.45, 7) is 1.60. The molecule has 0 saturated heterocycles. The third-order valence-electron chi connectivity index (χ3n) is 2.01. The van der Waals surface area contributed by atoms with Crippen molar-refractivity contribution in [2.24, 2.45) is 17.2 Å². The van der Waals surface area contributed by atoms with Gasteiger partial charge in [0.1, 0.15) is 0 Å². The molecule has 0 radical (unpaired) electrons. The second-order valence-corrected chi connectivity index (χ2v) is 3.22. The molecular formula is C10H18N4. The molecule has 0 fully saturated rings. The Hall–Kier alpha value is -1.10. The Morgan fingerprint density at radius 2 is 1.79 bits per heavy atom. The van der Waals surface area contributed by atoms with Crippen LogP contribution in [0.4, 0.5) is 5.69 Å². The molecule has 7 N–H and O–H groups in total. The molecule has 0 aromatic heterocycles. The highest BCUT2D eigenvalue weighted by Crippen LogP contribution is 2.11. The van der Waals surface area contributed by atoms with E-state index in [1.54, 1.807) is 0 Å². The minimum atomic E-state index is -0.395. The summed E-state index contributed by atoms with van der Waals surface area (Å²) in [5.74, 6) is 0. The molecule has 0 spiro atoms. The maximum atomic E-state index is 5.53. The van der Waals surface area contributed by atoms with Crippen LogP contribution in [0.3, 0.4) is 0 Å². The molecule has 0 unspecified atom stereocenters. The van der Waals surface area contributed by atoms with Gasteiger partial charge in [0.05, 0.1) is 6.17 Å². The van der Waals surface area contributed by atoms with Gasteiger partial charge in [-0.25, -0.2) is 0 Å². The van der Waals surface area contributed by atoms with Gasteiger partial charge in [-0.2, -0.15) is 0 Å². The summed E-state index contributed by atoms with van der Waals surface area (Å²) < 4.78 is 0. The lowest BCUT2D eigenvalue weighted by Gasteiger charge is -2.08. The third-order valence-corrected chi connectivity index (χ3v) is 2.01. The summed E-state index contributed by atoms with van der Waals surface area (Å²) in [6, 6.07) is 7.79. The molecule has 0 saturated carbocycles. The highest BCUT2D eigenvalue weighted by Gasteiger charge is 1.98.